The van der Waals surface area contributed by atoms with Crippen molar-refractivity contribution < 1.29 is 28.5 Å². The van der Waals surface area contributed by atoms with Gasteiger partial charge in [-0.1, -0.05) is 6.07 Å². The molecular formula is C19H22N2O6. The molecule has 0 heterocycles. The molecule has 0 radical (unpaired) electrons. The SMILES string of the molecule is COc1ccc(OCC(=O)NNC(=O)Cc2ccc(OC)c(OC)c2)cc1. The number of carbonyl (C=O) groups is 2. The maximum atomic E-state index is 12.0. The number of methoxy groups -OCH3 is 3. The molecule has 8 heteroatoms. The number of nitrogens with one attached hydrogen (secondary N) is 2. The van der Waals surface area contributed by atoms with Crippen molar-refractivity contribution in [1.82, 2.24) is 10.9 Å². The molecule has 0 spiro atoms. The molecule has 0 aliphatic rings. The Morgan fingerprint density at radius 2 is 1.41 bits per heavy atom. The van der Waals surface area contributed by atoms with Gasteiger partial charge in [-0.2, -0.15) is 0 Å². The highest BCUT2D eigenvalue weighted by Crippen LogP contribution is 2.27. The Bertz CT molecular complexity index is 776. The predicted molar refractivity (Wildman–Crippen MR) is 98.0 cm³/mol. The van der Waals surface area contributed by atoms with Gasteiger partial charge in [0.15, 0.2) is 18.1 Å². The molecule has 0 bridgehead atoms. The number of benzene rings is 2. The van der Waals surface area contributed by atoms with Crippen molar-refractivity contribution in [3.05, 3.63) is 48.0 Å². The van der Waals surface area contributed by atoms with Crippen molar-refractivity contribution in [3.63, 3.8) is 0 Å². The lowest BCUT2D eigenvalue weighted by Gasteiger charge is -2.11. The van der Waals surface area contributed by atoms with Gasteiger partial charge < -0.3 is 18.9 Å². The fourth-order valence-electron chi connectivity index (χ4n) is 2.22. The van der Waals surface area contributed by atoms with E-state index in [0.717, 1.165) is 0 Å². The van der Waals surface area contributed by atoms with Gasteiger partial charge in [0.05, 0.1) is 27.8 Å². The fraction of sp³-hybridized carbons (Fsp3) is 0.263. The lowest BCUT2D eigenvalue weighted by Crippen LogP contribution is -2.44. The molecule has 2 N–H and O–H groups in total. The first-order valence-electron chi connectivity index (χ1n) is 8.11. The minimum Gasteiger partial charge on any atom is -0.497 e. The van der Waals surface area contributed by atoms with E-state index in [1.165, 1.54) is 14.2 Å². The van der Waals surface area contributed by atoms with Gasteiger partial charge in [0, 0.05) is 0 Å². The van der Waals surface area contributed by atoms with Crippen molar-refractivity contribution >= 4 is 11.8 Å². The quantitative estimate of drug-likeness (QED) is 0.680. The van der Waals surface area contributed by atoms with Gasteiger partial charge in [0.1, 0.15) is 11.5 Å². The van der Waals surface area contributed by atoms with E-state index in [-0.39, 0.29) is 18.9 Å². The van der Waals surface area contributed by atoms with Gasteiger partial charge in [-0.25, -0.2) is 0 Å². The summed E-state index contributed by atoms with van der Waals surface area (Å²) >= 11 is 0. The first kappa shape index (κ1) is 19.9. The van der Waals surface area contributed by atoms with Crippen molar-refractivity contribution in [3.8, 4) is 23.0 Å². The summed E-state index contributed by atoms with van der Waals surface area (Å²) in [6.45, 7) is -0.233. The molecule has 0 unspecified atom stereocenters. The highest BCUT2D eigenvalue weighted by molar-refractivity contribution is 5.84. The summed E-state index contributed by atoms with van der Waals surface area (Å²) in [6, 6.07) is 12.0. The minimum atomic E-state index is -0.480. The van der Waals surface area contributed by atoms with Crippen LogP contribution in [-0.2, 0) is 16.0 Å². The molecule has 8 nitrogen and oxygen atoms in total. The van der Waals surface area contributed by atoms with Gasteiger partial charge in [-0.05, 0) is 42.0 Å². The number of hydrogen-bond acceptors (Lipinski definition) is 6. The second kappa shape index (κ2) is 9.91. The first-order chi connectivity index (χ1) is 13.0. The molecule has 0 saturated carbocycles. The van der Waals surface area contributed by atoms with Crippen LogP contribution in [0.2, 0.25) is 0 Å². The Hall–Kier alpha value is -3.42. The molecule has 0 aromatic heterocycles. The van der Waals surface area contributed by atoms with Crippen LogP contribution < -0.4 is 29.8 Å². The zero-order valence-corrected chi connectivity index (χ0v) is 15.4. The maximum absolute atomic E-state index is 12.0. The minimum absolute atomic E-state index is 0.0694. The van der Waals surface area contributed by atoms with Gasteiger partial charge in [0.2, 0.25) is 5.91 Å². The average molecular weight is 374 g/mol. The molecule has 27 heavy (non-hydrogen) atoms. The Morgan fingerprint density at radius 1 is 0.778 bits per heavy atom. The van der Waals surface area contributed by atoms with Crippen LogP contribution in [0.3, 0.4) is 0 Å². The van der Waals surface area contributed by atoms with E-state index in [9.17, 15) is 9.59 Å². The molecule has 0 saturated heterocycles. The smallest absolute Gasteiger partial charge is 0.276 e. The topological polar surface area (TPSA) is 95.1 Å². The van der Waals surface area contributed by atoms with E-state index in [1.54, 1.807) is 49.6 Å². The van der Waals surface area contributed by atoms with Crippen molar-refractivity contribution in [2.75, 3.05) is 27.9 Å². The normalized spacial score (nSPS) is 9.89. The summed E-state index contributed by atoms with van der Waals surface area (Å²) in [6.07, 6.45) is 0.0694. The number of rotatable bonds is 8. The summed E-state index contributed by atoms with van der Waals surface area (Å²) in [4.78, 5) is 23.7. The van der Waals surface area contributed by atoms with Gasteiger partial charge in [0.25, 0.3) is 5.91 Å². The Labute approximate surface area is 157 Å². The number of hydrazine groups is 1. The Balaban J connectivity index is 1.76. The van der Waals surface area contributed by atoms with E-state index < -0.39 is 5.91 Å². The molecule has 2 aromatic rings. The molecule has 144 valence electrons. The number of carbonyl (C=O) groups excluding carboxylic acids is 2. The van der Waals surface area contributed by atoms with Crippen LogP contribution in [0.25, 0.3) is 0 Å². The molecule has 2 rings (SSSR count). The largest absolute Gasteiger partial charge is 0.497 e. The van der Waals surface area contributed by atoms with Crippen molar-refractivity contribution in [1.29, 1.82) is 0 Å². The summed E-state index contributed by atoms with van der Waals surface area (Å²) in [5.41, 5.74) is 5.36. The third-order valence-electron chi connectivity index (χ3n) is 3.58. The monoisotopic (exact) mass is 374 g/mol. The highest BCUT2D eigenvalue weighted by atomic mass is 16.5. The van der Waals surface area contributed by atoms with Crippen LogP contribution >= 0.6 is 0 Å². The number of hydrogen-bond donors (Lipinski definition) is 2. The van der Waals surface area contributed by atoms with E-state index >= 15 is 0 Å². The summed E-state index contributed by atoms with van der Waals surface area (Å²) in [7, 11) is 4.62. The van der Waals surface area contributed by atoms with Crippen LogP contribution in [0.5, 0.6) is 23.0 Å². The van der Waals surface area contributed by atoms with Crippen LogP contribution in [0.4, 0.5) is 0 Å². The van der Waals surface area contributed by atoms with E-state index in [2.05, 4.69) is 10.9 Å². The first-order valence-corrected chi connectivity index (χ1v) is 8.11. The Morgan fingerprint density at radius 3 is 2.04 bits per heavy atom. The molecule has 0 atom stereocenters. The molecule has 0 aliphatic heterocycles. The van der Waals surface area contributed by atoms with Crippen LogP contribution in [0.15, 0.2) is 42.5 Å². The highest BCUT2D eigenvalue weighted by Gasteiger charge is 2.10. The van der Waals surface area contributed by atoms with Crippen LogP contribution in [0, 0.1) is 0 Å². The van der Waals surface area contributed by atoms with Gasteiger partial charge in [-0.15, -0.1) is 0 Å². The Kier molecular flexibility index (Phi) is 7.30. The van der Waals surface area contributed by atoms with E-state index in [1.807, 2.05) is 0 Å². The lowest BCUT2D eigenvalue weighted by molar-refractivity contribution is -0.129. The zero-order valence-electron chi connectivity index (χ0n) is 15.4. The third kappa shape index (κ3) is 6.10. The molecule has 2 aromatic carbocycles. The summed E-state index contributed by atoms with van der Waals surface area (Å²) in [5, 5.41) is 0. The van der Waals surface area contributed by atoms with E-state index in [0.29, 0.717) is 28.6 Å². The van der Waals surface area contributed by atoms with E-state index in [4.69, 9.17) is 18.9 Å². The average Bonchev–Trinajstić information content (AvgIpc) is 2.70. The molecule has 2 amide bonds. The van der Waals surface area contributed by atoms with Crippen molar-refractivity contribution in [2.45, 2.75) is 6.42 Å². The maximum Gasteiger partial charge on any atom is 0.276 e. The lowest BCUT2D eigenvalue weighted by atomic mass is 10.1. The predicted octanol–water partition coefficient (Wildman–Crippen LogP) is 1.48. The second-order valence-corrected chi connectivity index (χ2v) is 5.43. The molecular weight excluding hydrogens is 352 g/mol. The standard InChI is InChI=1S/C19H22N2O6/c1-24-14-5-7-15(8-6-14)27-12-19(23)21-20-18(22)11-13-4-9-16(25-2)17(10-13)26-3/h4-10H,11-12H2,1-3H3,(H,20,22)(H,21,23). The van der Waals surface area contributed by atoms with Crippen LogP contribution in [0.1, 0.15) is 5.56 Å². The van der Waals surface area contributed by atoms with Crippen molar-refractivity contribution in [2.24, 2.45) is 0 Å². The fourth-order valence-corrected chi connectivity index (χ4v) is 2.22. The summed E-state index contributed by atoms with van der Waals surface area (Å²) in [5.74, 6) is 1.45. The van der Waals surface area contributed by atoms with Crippen LogP contribution in [-0.4, -0.2) is 39.8 Å². The number of amides is 2. The third-order valence-corrected chi connectivity index (χ3v) is 3.58. The molecule has 0 fully saturated rings. The zero-order chi connectivity index (χ0) is 19.6. The molecule has 0 aliphatic carbocycles. The summed E-state index contributed by atoms with van der Waals surface area (Å²) < 4.78 is 20.7. The number of ether oxygens (including phenoxy) is 4. The second-order valence-electron chi connectivity index (χ2n) is 5.43. The van der Waals surface area contributed by atoms with Gasteiger partial charge in [-0.3, -0.25) is 20.4 Å². The van der Waals surface area contributed by atoms with Gasteiger partial charge >= 0.3 is 0 Å².